The van der Waals surface area contributed by atoms with Gasteiger partial charge in [0.25, 0.3) is 0 Å². The molecule has 6 heterocycles. The molecule has 2 aromatic heterocycles. The molecule has 0 saturated carbocycles. The number of para-hydroxylation sites is 1. The molecule has 2 unspecified atom stereocenters. The molecule has 0 radical (unpaired) electrons. The molecule has 10 rings (SSSR count). The molecule has 11 heteroatoms. The molecule has 268 valence electrons. The summed E-state index contributed by atoms with van der Waals surface area (Å²) in [7, 11) is 0. The summed E-state index contributed by atoms with van der Waals surface area (Å²) < 4.78 is 20.5. The van der Waals surface area contributed by atoms with Gasteiger partial charge in [-0.05, 0) is 53.0 Å². The van der Waals surface area contributed by atoms with Crippen LogP contribution in [0, 0.1) is 11.8 Å². The third-order valence-electron chi connectivity index (χ3n) is 11.4. The van der Waals surface area contributed by atoms with Gasteiger partial charge in [-0.2, -0.15) is 0 Å². The molecule has 1 spiro atoms. The Hall–Kier alpha value is -5.68. The molecule has 5 atom stereocenters. The highest BCUT2D eigenvalue weighted by Gasteiger charge is 2.61. The van der Waals surface area contributed by atoms with Crippen molar-refractivity contribution >= 4 is 23.1 Å². The Morgan fingerprint density at radius 1 is 1.04 bits per heavy atom. The number of aliphatic hydroxyl groups is 1. The van der Waals surface area contributed by atoms with Crippen molar-refractivity contribution in [1.29, 1.82) is 0 Å². The number of carbonyl (C=O) groups excluding carboxylic acids is 2. The number of ether oxygens (including phenoxy) is 1. The van der Waals surface area contributed by atoms with Gasteiger partial charge in [-0.15, -0.1) is 0 Å². The number of carbonyl (C=O) groups is 2. The highest BCUT2D eigenvalue weighted by atomic mass is 16.5. The van der Waals surface area contributed by atoms with Crippen LogP contribution in [-0.4, -0.2) is 45.3 Å². The third kappa shape index (κ3) is 4.56. The zero-order valence-electron chi connectivity index (χ0n) is 29.8. The molecular weight excluding hydrogens is 670 g/mol. The summed E-state index contributed by atoms with van der Waals surface area (Å²) in [6.45, 7) is 7.83. The van der Waals surface area contributed by atoms with Gasteiger partial charge in [0.05, 0.1) is 6.20 Å². The van der Waals surface area contributed by atoms with Gasteiger partial charge >= 0.3 is 0 Å². The normalized spacial score (nSPS) is 23.2. The van der Waals surface area contributed by atoms with Gasteiger partial charge in [-0.1, -0.05) is 82.3 Å². The summed E-state index contributed by atoms with van der Waals surface area (Å²) in [5.41, 5.74) is 8.31. The molecule has 10 bridgehead atoms. The first-order chi connectivity index (χ1) is 25.6. The van der Waals surface area contributed by atoms with E-state index < -0.39 is 41.6 Å². The summed E-state index contributed by atoms with van der Waals surface area (Å²) in [4.78, 5) is 37.4. The molecular formula is C42H39N5O6. The number of allylic oxidation sites excluding steroid dienone is 1. The summed E-state index contributed by atoms with van der Waals surface area (Å²) in [6, 6.07) is 16.9. The number of nitrogens with zero attached hydrogens (tertiary/aromatic N) is 2. The van der Waals surface area contributed by atoms with E-state index in [-0.39, 0.29) is 30.6 Å². The van der Waals surface area contributed by atoms with Crippen LogP contribution >= 0.6 is 0 Å². The Balaban J connectivity index is 1.24. The van der Waals surface area contributed by atoms with Crippen molar-refractivity contribution in [2.24, 2.45) is 11.8 Å². The SMILES string of the molecule is CC(C)C[C@H](O)C(=O)NC1Cc2ccc3c(c2)C24c5cccc(c5N[C@H]2O3)-c2cccc3c2C(=CC3)c2cnc(o2)-c2nc(oc24)[C@H](C(C)C)NC1=O. The van der Waals surface area contributed by atoms with Crippen LogP contribution in [0.4, 0.5) is 5.69 Å². The highest BCUT2D eigenvalue weighted by Crippen LogP contribution is 2.61. The molecule has 3 aromatic carbocycles. The van der Waals surface area contributed by atoms with E-state index in [1.54, 1.807) is 6.20 Å². The van der Waals surface area contributed by atoms with Crippen molar-refractivity contribution in [3.05, 3.63) is 112 Å². The molecule has 4 aliphatic heterocycles. The second-order valence-corrected chi connectivity index (χ2v) is 15.6. The molecule has 53 heavy (non-hydrogen) atoms. The summed E-state index contributed by atoms with van der Waals surface area (Å²) in [5.74, 6) is 1.30. The maximum absolute atomic E-state index is 14.2. The molecule has 2 amide bonds. The van der Waals surface area contributed by atoms with Crippen LogP contribution in [0.15, 0.2) is 75.7 Å². The van der Waals surface area contributed by atoms with Gasteiger partial charge in [0.15, 0.2) is 23.4 Å². The predicted octanol–water partition coefficient (Wildman–Crippen LogP) is 6.04. The number of nitrogens with one attached hydrogen (secondary N) is 3. The monoisotopic (exact) mass is 709 g/mol. The van der Waals surface area contributed by atoms with Crippen LogP contribution in [0.2, 0.25) is 0 Å². The van der Waals surface area contributed by atoms with Crippen molar-refractivity contribution in [2.75, 3.05) is 5.32 Å². The summed E-state index contributed by atoms with van der Waals surface area (Å²) in [6.07, 6.45) is 3.29. The van der Waals surface area contributed by atoms with Crippen LogP contribution in [0.3, 0.4) is 0 Å². The number of aliphatic hydroxyl groups excluding tert-OH is 1. The minimum Gasteiger partial charge on any atom is -0.469 e. The predicted molar refractivity (Wildman–Crippen MR) is 196 cm³/mol. The Morgan fingerprint density at radius 2 is 1.87 bits per heavy atom. The number of hydrogen-bond acceptors (Lipinski definition) is 9. The molecule has 4 N–H and O–H groups in total. The van der Waals surface area contributed by atoms with Crippen molar-refractivity contribution in [3.8, 4) is 28.5 Å². The van der Waals surface area contributed by atoms with E-state index >= 15 is 0 Å². The molecule has 5 aliphatic rings. The zero-order valence-corrected chi connectivity index (χ0v) is 29.8. The number of benzene rings is 3. The number of rotatable bonds is 5. The number of oxazole rings is 2. The average molecular weight is 710 g/mol. The van der Waals surface area contributed by atoms with E-state index in [0.29, 0.717) is 28.9 Å². The minimum atomic E-state index is -1.25. The number of anilines is 1. The average Bonchev–Trinajstić information content (AvgIpc) is 3.95. The van der Waals surface area contributed by atoms with Crippen molar-refractivity contribution in [1.82, 2.24) is 20.6 Å². The van der Waals surface area contributed by atoms with Gasteiger partial charge in [0.1, 0.15) is 29.4 Å². The molecule has 0 saturated heterocycles. The fraction of sp³-hybridized carbons (Fsp3) is 0.333. The number of hydrogen-bond donors (Lipinski definition) is 4. The quantitative estimate of drug-likeness (QED) is 0.171. The lowest BCUT2D eigenvalue weighted by Gasteiger charge is -2.29. The first-order valence-corrected chi connectivity index (χ1v) is 18.4. The second kappa shape index (κ2) is 11.4. The van der Waals surface area contributed by atoms with E-state index in [9.17, 15) is 14.7 Å². The van der Waals surface area contributed by atoms with Gasteiger partial charge in [0.2, 0.25) is 23.6 Å². The Labute approximate surface area is 305 Å². The number of aromatic nitrogens is 2. The molecule has 1 aliphatic carbocycles. The highest BCUT2D eigenvalue weighted by molar-refractivity contribution is 5.97. The lowest BCUT2D eigenvalue weighted by atomic mass is 9.72. The Bertz CT molecular complexity index is 2410. The molecule has 5 aromatic rings. The topological polar surface area (TPSA) is 152 Å². The van der Waals surface area contributed by atoms with Gasteiger partial charge in [-0.3, -0.25) is 9.59 Å². The first-order valence-electron chi connectivity index (χ1n) is 18.4. The first kappa shape index (κ1) is 32.0. The van der Waals surface area contributed by atoms with Crippen LogP contribution < -0.4 is 20.7 Å². The van der Waals surface area contributed by atoms with Gasteiger partial charge in [-0.25, -0.2) is 9.97 Å². The smallest absolute Gasteiger partial charge is 0.249 e. The lowest BCUT2D eigenvalue weighted by molar-refractivity contribution is -0.135. The maximum atomic E-state index is 14.2. The molecule has 0 fully saturated rings. The van der Waals surface area contributed by atoms with Gasteiger partial charge in [0, 0.05) is 34.4 Å². The third-order valence-corrected chi connectivity index (χ3v) is 11.4. The van der Waals surface area contributed by atoms with Crippen molar-refractivity contribution in [2.45, 2.75) is 76.8 Å². The van der Waals surface area contributed by atoms with E-state index in [1.165, 1.54) is 5.56 Å². The maximum Gasteiger partial charge on any atom is 0.249 e. The zero-order chi connectivity index (χ0) is 36.3. The summed E-state index contributed by atoms with van der Waals surface area (Å²) >= 11 is 0. The van der Waals surface area contributed by atoms with E-state index in [0.717, 1.165) is 51.1 Å². The van der Waals surface area contributed by atoms with E-state index in [2.05, 4.69) is 58.4 Å². The number of amides is 2. The largest absolute Gasteiger partial charge is 0.469 e. The van der Waals surface area contributed by atoms with Crippen LogP contribution in [0.1, 0.15) is 85.4 Å². The van der Waals surface area contributed by atoms with Crippen LogP contribution in [0.25, 0.3) is 28.3 Å². The minimum absolute atomic E-state index is 0.0919. The van der Waals surface area contributed by atoms with Gasteiger partial charge < -0.3 is 34.6 Å². The Kier molecular flexibility index (Phi) is 6.89. The van der Waals surface area contributed by atoms with Crippen molar-refractivity contribution in [3.63, 3.8) is 0 Å². The fourth-order valence-corrected chi connectivity index (χ4v) is 8.93. The van der Waals surface area contributed by atoms with Crippen LogP contribution in [-0.2, 0) is 27.8 Å². The summed E-state index contributed by atoms with van der Waals surface area (Å²) in [5, 5.41) is 20.5. The van der Waals surface area contributed by atoms with E-state index in [1.807, 2.05) is 45.9 Å². The van der Waals surface area contributed by atoms with Crippen LogP contribution in [0.5, 0.6) is 5.75 Å². The lowest BCUT2D eigenvalue weighted by Crippen LogP contribution is -2.52. The number of fused-ring (bicyclic) bond motifs is 7. The van der Waals surface area contributed by atoms with Crippen molar-refractivity contribution < 1.29 is 28.3 Å². The standard InChI is InChI=1S/C42H39N5O6/c1-19(2)15-29(48)38(50)44-28-17-21-11-14-30-27(16-21)42-26-10-6-9-24(34(26)47-41(42)52-30)23-8-5-7-22-12-13-25(32(22)23)31-18-43-39(51-31)35-36(42)53-40(46-35)33(20(3)4)45-37(28)49/h5-11,13-14,16,18-20,28-29,33,41,47-48H,12,15,17H2,1-4H3,(H,44,50)(H,45,49)/t28?,29-,33-,41-,42?/m0/s1. The Morgan fingerprint density at radius 3 is 2.70 bits per heavy atom. The molecule has 11 nitrogen and oxygen atoms in total. The fourth-order valence-electron chi connectivity index (χ4n) is 8.93. The second-order valence-electron chi connectivity index (χ2n) is 15.6. The van der Waals surface area contributed by atoms with E-state index in [4.69, 9.17) is 23.5 Å².